The average molecular weight is 276 g/mol. The van der Waals surface area contributed by atoms with Gasteiger partial charge in [-0.05, 0) is 31.5 Å². The molecule has 0 radical (unpaired) electrons. The van der Waals surface area contributed by atoms with Crippen LogP contribution in [0, 0.1) is 5.92 Å². The molecule has 5 nitrogen and oxygen atoms in total. The molecule has 1 heterocycles. The maximum absolute atomic E-state index is 12.4. The summed E-state index contributed by atoms with van der Waals surface area (Å²) in [5.74, 6) is -0.0669. The minimum absolute atomic E-state index is 0.0552. The van der Waals surface area contributed by atoms with Gasteiger partial charge in [0.1, 0.15) is 0 Å². The van der Waals surface area contributed by atoms with Crippen molar-refractivity contribution in [1.29, 1.82) is 0 Å². The molecule has 2 N–H and O–H groups in total. The Balaban J connectivity index is 2.08. The summed E-state index contributed by atoms with van der Waals surface area (Å²) in [5.41, 5.74) is 1.18. The largest absolute Gasteiger partial charge is 0.393 e. The van der Waals surface area contributed by atoms with E-state index in [2.05, 4.69) is 5.32 Å². The Morgan fingerprint density at radius 1 is 1.45 bits per heavy atom. The van der Waals surface area contributed by atoms with Gasteiger partial charge in [-0.3, -0.25) is 9.59 Å². The van der Waals surface area contributed by atoms with Crippen LogP contribution in [0.4, 0.5) is 5.69 Å². The molecule has 20 heavy (non-hydrogen) atoms. The van der Waals surface area contributed by atoms with Gasteiger partial charge < -0.3 is 15.3 Å². The van der Waals surface area contributed by atoms with E-state index >= 15 is 0 Å². The Morgan fingerprint density at radius 3 is 2.80 bits per heavy atom. The minimum Gasteiger partial charge on any atom is -0.393 e. The summed E-state index contributed by atoms with van der Waals surface area (Å²) in [4.78, 5) is 25.2. The van der Waals surface area contributed by atoms with Crippen molar-refractivity contribution in [3.8, 4) is 0 Å². The van der Waals surface area contributed by atoms with Gasteiger partial charge in [0, 0.05) is 37.2 Å². The SMILES string of the molecule is CC(=O)Nc1cccc(C(=O)N2CCC(C(C)O)C2)c1. The number of rotatable bonds is 3. The molecule has 0 bridgehead atoms. The molecule has 2 unspecified atom stereocenters. The maximum Gasteiger partial charge on any atom is 0.253 e. The molecule has 0 spiro atoms. The number of carbonyl (C=O) groups excluding carboxylic acids is 2. The van der Waals surface area contributed by atoms with Crippen LogP contribution in [0.5, 0.6) is 0 Å². The first-order valence-electron chi connectivity index (χ1n) is 6.82. The second kappa shape index (κ2) is 6.05. The molecule has 0 saturated carbocycles. The number of aliphatic hydroxyl groups is 1. The maximum atomic E-state index is 12.4. The number of carbonyl (C=O) groups is 2. The summed E-state index contributed by atoms with van der Waals surface area (Å²) < 4.78 is 0. The highest BCUT2D eigenvalue weighted by molar-refractivity contribution is 5.96. The molecule has 2 atom stereocenters. The zero-order chi connectivity index (χ0) is 14.7. The molecule has 1 aliphatic heterocycles. The van der Waals surface area contributed by atoms with E-state index in [0.29, 0.717) is 24.3 Å². The van der Waals surface area contributed by atoms with Crippen LogP contribution in [-0.2, 0) is 4.79 Å². The van der Waals surface area contributed by atoms with Crippen LogP contribution < -0.4 is 5.32 Å². The van der Waals surface area contributed by atoms with E-state index in [4.69, 9.17) is 0 Å². The van der Waals surface area contributed by atoms with E-state index in [1.807, 2.05) is 0 Å². The van der Waals surface area contributed by atoms with Crippen molar-refractivity contribution in [2.75, 3.05) is 18.4 Å². The number of nitrogens with zero attached hydrogens (tertiary/aromatic N) is 1. The standard InChI is InChI=1S/C15H20N2O3/c1-10(18)13-6-7-17(9-13)15(20)12-4-3-5-14(8-12)16-11(2)19/h3-5,8,10,13,18H,6-7,9H2,1-2H3,(H,16,19). The van der Waals surface area contributed by atoms with Crippen molar-refractivity contribution in [2.45, 2.75) is 26.4 Å². The summed E-state index contributed by atoms with van der Waals surface area (Å²) >= 11 is 0. The Bertz CT molecular complexity index is 514. The van der Waals surface area contributed by atoms with Crippen LogP contribution in [0.3, 0.4) is 0 Å². The summed E-state index contributed by atoms with van der Waals surface area (Å²) in [5, 5.41) is 12.2. The van der Waals surface area contributed by atoms with Crippen LogP contribution in [0.15, 0.2) is 24.3 Å². The molecule has 2 rings (SSSR count). The van der Waals surface area contributed by atoms with E-state index in [0.717, 1.165) is 6.42 Å². The van der Waals surface area contributed by atoms with Gasteiger partial charge >= 0.3 is 0 Å². The van der Waals surface area contributed by atoms with Crippen molar-refractivity contribution in [2.24, 2.45) is 5.92 Å². The number of nitrogens with one attached hydrogen (secondary N) is 1. The summed E-state index contributed by atoms with van der Waals surface area (Å²) in [6.45, 7) is 4.44. The molecular weight excluding hydrogens is 256 g/mol. The molecule has 5 heteroatoms. The van der Waals surface area contributed by atoms with Gasteiger partial charge in [0.15, 0.2) is 0 Å². The Morgan fingerprint density at radius 2 is 2.20 bits per heavy atom. The fourth-order valence-corrected chi connectivity index (χ4v) is 2.48. The number of hydrogen-bond acceptors (Lipinski definition) is 3. The molecule has 2 amide bonds. The topological polar surface area (TPSA) is 69.6 Å². The normalized spacial score (nSPS) is 19.8. The highest BCUT2D eigenvalue weighted by Crippen LogP contribution is 2.22. The summed E-state index contributed by atoms with van der Waals surface area (Å²) in [6, 6.07) is 6.92. The molecular formula is C15H20N2O3. The van der Waals surface area contributed by atoms with Crippen molar-refractivity contribution in [1.82, 2.24) is 4.90 Å². The van der Waals surface area contributed by atoms with E-state index in [-0.39, 0.29) is 17.7 Å². The summed E-state index contributed by atoms with van der Waals surface area (Å²) in [6.07, 6.45) is 0.438. The van der Waals surface area contributed by atoms with Gasteiger partial charge in [0.2, 0.25) is 5.91 Å². The lowest BCUT2D eigenvalue weighted by molar-refractivity contribution is -0.114. The fraction of sp³-hybridized carbons (Fsp3) is 0.467. The van der Waals surface area contributed by atoms with Crippen LogP contribution in [-0.4, -0.2) is 41.0 Å². The van der Waals surface area contributed by atoms with Crippen LogP contribution in [0.2, 0.25) is 0 Å². The molecule has 0 aliphatic carbocycles. The Kier molecular flexibility index (Phi) is 4.39. The fourth-order valence-electron chi connectivity index (χ4n) is 2.48. The highest BCUT2D eigenvalue weighted by Gasteiger charge is 2.29. The van der Waals surface area contributed by atoms with Crippen LogP contribution in [0.1, 0.15) is 30.6 Å². The molecule has 1 saturated heterocycles. The first-order chi connectivity index (χ1) is 9.47. The van der Waals surface area contributed by atoms with Gasteiger partial charge in [-0.25, -0.2) is 0 Å². The number of amides is 2. The van der Waals surface area contributed by atoms with E-state index in [1.165, 1.54) is 6.92 Å². The van der Waals surface area contributed by atoms with Crippen molar-refractivity contribution in [3.05, 3.63) is 29.8 Å². The zero-order valence-corrected chi connectivity index (χ0v) is 11.8. The van der Waals surface area contributed by atoms with Crippen LogP contribution >= 0.6 is 0 Å². The van der Waals surface area contributed by atoms with Gasteiger partial charge in [0.05, 0.1) is 6.10 Å². The highest BCUT2D eigenvalue weighted by atomic mass is 16.3. The molecule has 1 fully saturated rings. The predicted molar refractivity (Wildman–Crippen MR) is 76.4 cm³/mol. The lowest BCUT2D eigenvalue weighted by Gasteiger charge is -2.18. The smallest absolute Gasteiger partial charge is 0.253 e. The van der Waals surface area contributed by atoms with Crippen molar-refractivity contribution < 1.29 is 14.7 Å². The quantitative estimate of drug-likeness (QED) is 0.878. The van der Waals surface area contributed by atoms with E-state index in [1.54, 1.807) is 36.1 Å². The molecule has 1 aromatic rings. The monoisotopic (exact) mass is 276 g/mol. The third kappa shape index (κ3) is 3.36. The number of benzene rings is 1. The number of hydrogen-bond donors (Lipinski definition) is 2. The third-order valence-corrected chi connectivity index (χ3v) is 3.62. The van der Waals surface area contributed by atoms with Gasteiger partial charge in [-0.1, -0.05) is 6.07 Å². The molecule has 108 valence electrons. The average Bonchev–Trinajstić information content (AvgIpc) is 2.87. The first kappa shape index (κ1) is 14.5. The molecule has 1 aromatic carbocycles. The minimum atomic E-state index is -0.390. The van der Waals surface area contributed by atoms with Crippen molar-refractivity contribution >= 4 is 17.5 Å². The molecule has 1 aliphatic rings. The number of likely N-dealkylation sites (tertiary alicyclic amines) is 1. The first-order valence-corrected chi connectivity index (χ1v) is 6.82. The van der Waals surface area contributed by atoms with Gasteiger partial charge in [-0.15, -0.1) is 0 Å². The third-order valence-electron chi connectivity index (χ3n) is 3.62. The van der Waals surface area contributed by atoms with Crippen LogP contribution in [0.25, 0.3) is 0 Å². The van der Waals surface area contributed by atoms with E-state index < -0.39 is 6.10 Å². The van der Waals surface area contributed by atoms with Crippen molar-refractivity contribution in [3.63, 3.8) is 0 Å². The Labute approximate surface area is 118 Å². The van der Waals surface area contributed by atoms with E-state index in [9.17, 15) is 14.7 Å². The lowest BCUT2D eigenvalue weighted by Crippen LogP contribution is -2.30. The number of anilines is 1. The second-order valence-electron chi connectivity index (χ2n) is 5.30. The molecule has 0 aromatic heterocycles. The Hall–Kier alpha value is -1.88. The van der Waals surface area contributed by atoms with Gasteiger partial charge in [-0.2, -0.15) is 0 Å². The predicted octanol–water partition coefficient (Wildman–Crippen LogP) is 1.49. The van der Waals surface area contributed by atoms with Gasteiger partial charge in [0.25, 0.3) is 5.91 Å². The second-order valence-corrected chi connectivity index (χ2v) is 5.30. The summed E-state index contributed by atoms with van der Waals surface area (Å²) in [7, 11) is 0. The number of aliphatic hydroxyl groups excluding tert-OH is 1. The zero-order valence-electron chi connectivity index (χ0n) is 11.8. The lowest BCUT2D eigenvalue weighted by atomic mass is 10.0.